The highest BCUT2D eigenvalue weighted by atomic mass is 16.5. The molecule has 0 aliphatic carbocycles. The Morgan fingerprint density at radius 1 is 1.03 bits per heavy atom. The molecule has 0 unspecified atom stereocenters. The molecule has 6 nitrogen and oxygen atoms in total. The van der Waals surface area contributed by atoms with Crippen molar-refractivity contribution in [2.75, 3.05) is 6.61 Å². The number of nitrogens with zero attached hydrogens (tertiary/aromatic N) is 2. The van der Waals surface area contributed by atoms with Gasteiger partial charge in [-0.2, -0.15) is 0 Å². The van der Waals surface area contributed by atoms with Gasteiger partial charge in [-0.05, 0) is 35.9 Å². The maximum Gasteiger partial charge on any atom is 0.335 e. The van der Waals surface area contributed by atoms with Crippen molar-refractivity contribution in [1.82, 2.24) is 15.0 Å². The van der Waals surface area contributed by atoms with E-state index in [0.29, 0.717) is 12.4 Å². The number of carboxylic acids is 1. The zero-order valence-corrected chi connectivity index (χ0v) is 15.4. The Hall–Kier alpha value is -3.93. The number of fused-ring (bicyclic) bond motifs is 1. The average molecular weight is 383 g/mol. The van der Waals surface area contributed by atoms with Crippen LogP contribution < -0.4 is 4.74 Å². The summed E-state index contributed by atoms with van der Waals surface area (Å²) in [6, 6.07) is 18.5. The van der Waals surface area contributed by atoms with Crippen molar-refractivity contribution in [2.24, 2.45) is 0 Å². The first kappa shape index (κ1) is 17.2. The molecular weight excluding hydrogens is 366 g/mol. The van der Waals surface area contributed by atoms with Gasteiger partial charge in [0.2, 0.25) is 0 Å². The first-order valence-corrected chi connectivity index (χ1v) is 9.30. The Bertz CT molecular complexity index is 1200. The van der Waals surface area contributed by atoms with Crippen LogP contribution in [0.2, 0.25) is 0 Å². The molecular formula is C23H17N3O3. The first-order valence-electron chi connectivity index (χ1n) is 9.30. The predicted octanol–water partition coefficient (Wildman–Crippen LogP) is 4.44. The van der Waals surface area contributed by atoms with Crippen LogP contribution in [-0.4, -0.2) is 32.6 Å². The van der Waals surface area contributed by atoms with Crippen LogP contribution in [0.5, 0.6) is 5.75 Å². The first-order chi connectivity index (χ1) is 14.2. The van der Waals surface area contributed by atoms with Gasteiger partial charge in [0.25, 0.3) is 0 Å². The molecule has 3 heterocycles. The van der Waals surface area contributed by atoms with E-state index in [9.17, 15) is 4.79 Å². The molecule has 5 rings (SSSR count). The number of aromatic carboxylic acids is 1. The quantitative estimate of drug-likeness (QED) is 0.544. The van der Waals surface area contributed by atoms with Gasteiger partial charge in [0, 0.05) is 23.7 Å². The monoisotopic (exact) mass is 383 g/mol. The van der Waals surface area contributed by atoms with E-state index in [1.165, 1.54) is 5.56 Å². The maximum atomic E-state index is 11.1. The van der Waals surface area contributed by atoms with Crippen molar-refractivity contribution in [3.63, 3.8) is 0 Å². The van der Waals surface area contributed by atoms with Crippen molar-refractivity contribution in [3.05, 3.63) is 78.0 Å². The second-order valence-corrected chi connectivity index (χ2v) is 6.83. The average Bonchev–Trinajstić information content (AvgIpc) is 3.41. The van der Waals surface area contributed by atoms with Gasteiger partial charge in [-0.15, -0.1) is 0 Å². The minimum atomic E-state index is -0.955. The summed E-state index contributed by atoms with van der Waals surface area (Å²) < 4.78 is 5.72. The molecule has 0 amide bonds. The number of benzene rings is 2. The normalized spacial score (nSPS) is 12.4. The maximum absolute atomic E-state index is 11.1. The molecule has 29 heavy (non-hydrogen) atoms. The van der Waals surface area contributed by atoms with Crippen molar-refractivity contribution in [3.8, 4) is 39.8 Å². The van der Waals surface area contributed by atoms with E-state index in [0.717, 1.165) is 40.4 Å². The topological polar surface area (TPSA) is 88.1 Å². The third kappa shape index (κ3) is 3.14. The van der Waals surface area contributed by atoms with E-state index in [-0.39, 0.29) is 5.56 Å². The fraction of sp³-hybridized carbons (Fsp3) is 0.0870. The summed E-state index contributed by atoms with van der Waals surface area (Å²) in [5.41, 5.74) is 5.55. The molecule has 142 valence electrons. The number of ether oxygens (including phenoxy) is 1. The number of nitrogens with one attached hydrogen (secondary N) is 1. The number of hydrogen-bond acceptors (Lipinski definition) is 4. The van der Waals surface area contributed by atoms with Crippen molar-refractivity contribution in [1.29, 1.82) is 0 Å². The van der Waals surface area contributed by atoms with E-state index >= 15 is 0 Å². The van der Waals surface area contributed by atoms with E-state index in [1.54, 1.807) is 30.5 Å². The Labute approximate surface area is 166 Å². The second kappa shape index (κ2) is 6.91. The molecule has 1 aliphatic rings. The lowest BCUT2D eigenvalue weighted by Crippen LogP contribution is -1.95. The lowest BCUT2D eigenvalue weighted by Gasteiger charge is -2.05. The number of carboxylic acid groups (broad SMARTS) is 1. The Kier molecular flexibility index (Phi) is 4.09. The lowest BCUT2D eigenvalue weighted by atomic mass is 10.0. The lowest BCUT2D eigenvalue weighted by molar-refractivity contribution is 0.0697. The van der Waals surface area contributed by atoms with Gasteiger partial charge in [-0.3, -0.25) is 4.98 Å². The summed E-state index contributed by atoms with van der Waals surface area (Å²) in [7, 11) is 0. The predicted molar refractivity (Wildman–Crippen MR) is 109 cm³/mol. The highest BCUT2D eigenvalue weighted by molar-refractivity contribution is 5.88. The molecule has 1 aliphatic heterocycles. The van der Waals surface area contributed by atoms with Gasteiger partial charge in [-0.25, -0.2) is 9.78 Å². The molecule has 0 bridgehead atoms. The van der Waals surface area contributed by atoms with Crippen LogP contribution in [0.4, 0.5) is 0 Å². The standard InChI is InChI=1S/C23H17N3O3/c27-23(28)16-7-5-15(6-8-16)22-25-20(21(26-22)18-3-1-2-11-24-18)17-9-4-14-10-12-29-19(14)13-17/h1-9,11,13H,10,12H2,(H,25,26)(H,27,28). The van der Waals surface area contributed by atoms with E-state index < -0.39 is 5.97 Å². The highest BCUT2D eigenvalue weighted by Crippen LogP contribution is 2.36. The SMILES string of the molecule is O=C(O)c1ccc(-c2nc(-c3ccc4c(c3)OCC4)c(-c3ccccn3)[nH]2)cc1. The largest absolute Gasteiger partial charge is 0.493 e. The van der Waals surface area contributed by atoms with Crippen molar-refractivity contribution < 1.29 is 14.6 Å². The summed E-state index contributed by atoms with van der Waals surface area (Å²) in [6.07, 6.45) is 2.66. The fourth-order valence-electron chi connectivity index (χ4n) is 3.50. The minimum Gasteiger partial charge on any atom is -0.493 e. The van der Waals surface area contributed by atoms with Gasteiger partial charge >= 0.3 is 5.97 Å². The molecule has 0 atom stereocenters. The third-order valence-corrected chi connectivity index (χ3v) is 5.00. The van der Waals surface area contributed by atoms with Crippen LogP contribution in [0.1, 0.15) is 15.9 Å². The molecule has 6 heteroatoms. The van der Waals surface area contributed by atoms with Crippen LogP contribution in [-0.2, 0) is 6.42 Å². The van der Waals surface area contributed by atoms with Crippen LogP contribution in [0.25, 0.3) is 34.0 Å². The van der Waals surface area contributed by atoms with Gasteiger partial charge in [0.15, 0.2) is 0 Å². The summed E-state index contributed by atoms with van der Waals surface area (Å²) in [4.78, 5) is 23.8. The van der Waals surface area contributed by atoms with Gasteiger partial charge in [-0.1, -0.05) is 30.3 Å². The van der Waals surface area contributed by atoms with Gasteiger partial charge in [0.05, 0.1) is 29.3 Å². The Balaban J connectivity index is 1.64. The zero-order valence-electron chi connectivity index (χ0n) is 15.4. The molecule has 0 saturated carbocycles. The molecule has 0 radical (unpaired) electrons. The zero-order chi connectivity index (χ0) is 19.8. The fourth-order valence-corrected chi connectivity index (χ4v) is 3.50. The summed E-state index contributed by atoms with van der Waals surface area (Å²) in [5.74, 6) is 0.591. The van der Waals surface area contributed by atoms with Crippen molar-refractivity contribution >= 4 is 5.97 Å². The van der Waals surface area contributed by atoms with E-state index in [2.05, 4.69) is 16.0 Å². The van der Waals surface area contributed by atoms with Gasteiger partial charge in [0.1, 0.15) is 11.6 Å². The van der Waals surface area contributed by atoms with Crippen LogP contribution in [0.15, 0.2) is 66.9 Å². The number of pyridine rings is 1. The molecule has 0 spiro atoms. The molecule has 2 aromatic carbocycles. The number of rotatable bonds is 4. The summed E-state index contributed by atoms with van der Waals surface area (Å²) in [5, 5.41) is 9.13. The molecule has 0 saturated heterocycles. The van der Waals surface area contributed by atoms with Gasteiger partial charge < -0.3 is 14.8 Å². The van der Waals surface area contributed by atoms with Crippen LogP contribution >= 0.6 is 0 Å². The summed E-state index contributed by atoms with van der Waals surface area (Å²) in [6.45, 7) is 0.702. The molecule has 2 N–H and O–H groups in total. The number of aromatic amines is 1. The molecule has 2 aromatic heterocycles. The second-order valence-electron chi connectivity index (χ2n) is 6.83. The number of aromatic nitrogens is 3. The van der Waals surface area contributed by atoms with E-state index in [1.807, 2.05) is 30.3 Å². The van der Waals surface area contributed by atoms with Crippen LogP contribution in [0.3, 0.4) is 0 Å². The number of hydrogen-bond donors (Lipinski definition) is 2. The minimum absolute atomic E-state index is 0.237. The highest BCUT2D eigenvalue weighted by Gasteiger charge is 2.19. The number of carbonyl (C=O) groups is 1. The summed E-state index contributed by atoms with van der Waals surface area (Å²) >= 11 is 0. The van der Waals surface area contributed by atoms with Crippen LogP contribution in [0, 0.1) is 0 Å². The number of H-pyrrole nitrogens is 1. The third-order valence-electron chi connectivity index (χ3n) is 5.00. The smallest absolute Gasteiger partial charge is 0.335 e. The van der Waals surface area contributed by atoms with Crippen molar-refractivity contribution in [2.45, 2.75) is 6.42 Å². The Morgan fingerprint density at radius 2 is 1.86 bits per heavy atom. The van der Waals surface area contributed by atoms with E-state index in [4.69, 9.17) is 14.8 Å². The number of imidazole rings is 1. The molecule has 4 aromatic rings. The Morgan fingerprint density at radius 3 is 2.62 bits per heavy atom. The molecule has 0 fully saturated rings.